The third-order valence-corrected chi connectivity index (χ3v) is 5.07. The molecule has 4 rings (SSSR count). The number of carbonyl (C=O) groups excluding carboxylic acids is 1. The maximum absolute atomic E-state index is 12.9. The molecule has 1 amide bonds. The number of hydrogen-bond donors (Lipinski definition) is 1. The molecule has 4 aromatic rings. The Morgan fingerprint density at radius 1 is 1.03 bits per heavy atom. The van der Waals surface area contributed by atoms with Gasteiger partial charge in [0, 0.05) is 22.9 Å². The highest BCUT2D eigenvalue weighted by Gasteiger charge is 2.22. The van der Waals surface area contributed by atoms with Gasteiger partial charge in [-0.1, -0.05) is 39.0 Å². The molecule has 0 atom stereocenters. The number of nitrogens with zero attached hydrogens (tertiary/aromatic N) is 6. The summed E-state index contributed by atoms with van der Waals surface area (Å²) < 4.78 is 3.45. The average Bonchev–Trinajstić information content (AvgIpc) is 3.26. The second-order valence-corrected chi connectivity index (χ2v) is 8.87. The van der Waals surface area contributed by atoms with E-state index in [1.807, 2.05) is 57.2 Å². The van der Waals surface area contributed by atoms with Crippen LogP contribution in [-0.4, -0.2) is 35.3 Å². The van der Waals surface area contributed by atoms with E-state index in [2.05, 4.69) is 41.2 Å². The van der Waals surface area contributed by atoms with Crippen LogP contribution in [0.15, 0.2) is 36.4 Å². The molecule has 0 aliphatic heterocycles. The maximum atomic E-state index is 12.9. The highest BCUT2D eigenvalue weighted by Crippen LogP contribution is 2.27. The minimum absolute atomic E-state index is 0.0473. The Balaban J connectivity index is 1.64. The van der Waals surface area contributed by atoms with Crippen molar-refractivity contribution in [3.8, 4) is 5.69 Å². The van der Waals surface area contributed by atoms with Crippen molar-refractivity contribution in [1.82, 2.24) is 29.4 Å². The third kappa shape index (κ3) is 4.19. The van der Waals surface area contributed by atoms with E-state index in [-0.39, 0.29) is 17.7 Å². The van der Waals surface area contributed by atoms with E-state index in [1.54, 1.807) is 9.20 Å². The molecule has 0 fully saturated rings. The van der Waals surface area contributed by atoms with Crippen LogP contribution in [0.1, 0.15) is 49.2 Å². The number of fused-ring (bicyclic) bond motifs is 1. The van der Waals surface area contributed by atoms with Crippen LogP contribution in [0.5, 0.6) is 0 Å². The topological polar surface area (TPSA) is 90.0 Å². The van der Waals surface area contributed by atoms with Crippen molar-refractivity contribution in [2.45, 2.75) is 53.4 Å². The maximum Gasteiger partial charge on any atom is 0.252 e. The molecular weight excluding hydrogens is 390 g/mol. The second-order valence-electron chi connectivity index (χ2n) is 8.87. The Morgan fingerprint density at radius 2 is 1.77 bits per heavy atom. The molecule has 0 saturated carbocycles. The fraction of sp³-hybridized carbons (Fsp3) is 0.348. The minimum Gasteiger partial charge on any atom is -0.310 e. The standard InChI is InChI=1S/C23H27N7O/c1-14-9-7-8-10-17(14)30-20(12-18(27-30)23(4,5)6)26-21(31)13-19-25-22-24-15(2)11-16(3)29(22)28-19/h7-12H,13H2,1-6H3,(H,26,31). The largest absolute Gasteiger partial charge is 0.310 e. The number of anilines is 1. The van der Waals surface area contributed by atoms with E-state index >= 15 is 0 Å². The van der Waals surface area contributed by atoms with Gasteiger partial charge in [-0.3, -0.25) is 4.79 Å². The molecule has 0 saturated heterocycles. The normalized spacial score (nSPS) is 11.8. The van der Waals surface area contributed by atoms with Gasteiger partial charge in [-0.2, -0.15) is 10.1 Å². The quantitative estimate of drug-likeness (QED) is 0.547. The van der Waals surface area contributed by atoms with Crippen LogP contribution < -0.4 is 5.32 Å². The average molecular weight is 418 g/mol. The summed E-state index contributed by atoms with van der Waals surface area (Å²) in [5.74, 6) is 1.34. The van der Waals surface area contributed by atoms with Crippen molar-refractivity contribution in [2.24, 2.45) is 0 Å². The van der Waals surface area contributed by atoms with Gasteiger partial charge in [0.25, 0.3) is 5.78 Å². The summed E-state index contributed by atoms with van der Waals surface area (Å²) >= 11 is 0. The van der Waals surface area contributed by atoms with Crippen LogP contribution in [0.4, 0.5) is 5.82 Å². The van der Waals surface area contributed by atoms with Crippen molar-refractivity contribution in [3.05, 3.63) is 64.9 Å². The summed E-state index contributed by atoms with van der Waals surface area (Å²) in [6.45, 7) is 12.2. The summed E-state index contributed by atoms with van der Waals surface area (Å²) in [4.78, 5) is 21.7. The highest BCUT2D eigenvalue weighted by molar-refractivity contribution is 5.91. The summed E-state index contributed by atoms with van der Waals surface area (Å²) in [6.07, 6.45) is 0.0473. The van der Waals surface area contributed by atoms with Gasteiger partial charge >= 0.3 is 0 Å². The fourth-order valence-electron chi connectivity index (χ4n) is 3.43. The van der Waals surface area contributed by atoms with Crippen molar-refractivity contribution in [1.29, 1.82) is 0 Å². The number of benzene rings is 1. The van der Waals surface area contributed by atoms with Crippen molar-refractivity contribution >= 4 is 17.5 Å². The van der Waals surface area contributed by atoms with E-state index in [9.17, 15) is 4.79 Å². The molecule has 0 spiro atoms. The van der Waals surface area contributed by atoms with Crippen molar-refractivity contribution in [2.75, 3.05) is 5.32 Å². The number of hydrogen-bond acceptors (Lipinski definition) is 5. The number of aromatic nitrogens is 6. The van der Waals surface area contributed by atoms with Crippen LogP contribution in [0.3, 0.4) is 0 Å². The first-order valence-electron chi connectivity index (χ1n) is 10.3. The van der Waals surface area contributed by atoms with Crippen LogP contribution in [0, 0.1) is 20.8 Å². The molecule has 3 heterocycles. The fourth-order valence-corrected chi connectivity index (χ4v) is 3.43. The zero-order chi connectivity index (χ0) is 22.3. The molecule has 1 aromatic carbocycles. The molecule has 0 bridgehead atoms. The molecule has 0 aliphatic rings. The van der Waals surface area contributed by atoms with Crippen LogP contribution in [0.2, 0.25) is 0 Å². The van der Waals surface area contributed by atoms with E-state index < -0.39 is 0 Å². The molecule has 31 heavy (non-hydrogen) atoms. The second kappa shape index (κ2) is 7.61. The highest BCUT2D eigenvalue weighted by atomic mass is 16.1. The van der Waals surface area contributed by atoms with Gasteiger partial charge in [-0.25, -0.2) is 14.2 Å². The monoisotopic (exact) mass is 417 g/mol. The van der Waals surface area contributed by atoms with Gasteiger partial charge in [0.05, 0.1) is 17.8 Å². The lowest BCUT2D eigenvalue weighted by atomic mass is 9.92. The molecule has 0 aliphatic carbocycles. The number of carbonyl (C=O) groups is 1. The molecule has 0 radical (unpaired) electrons. The van der Waals surface area contributed by atoms with Gasteiger partial charge in [-0.15, -0.1) is 5.10 Å². The lowest BCUT2D eigenvalue weighted by Gasteiger charge is -2.14. The first-order valence-corrected chi connectivity index (χ1v) is 10.3. The number of rotatable bonds is 4. The van der Waals surface area contributed by atoms with Crippen LogP contribution >= 0.6 is 0 Å². The predicted octanol–water partition coefficient (Wildman–Crippen LogP) is 3.71. The third-order valence-electron chi connectivity index (χ3n) is 5.07. The summed E-state index contributed by atoms with van der Waals surface area (Å²) in [5.41, 5.74) is 4.53. The zero-order valence-electron chi connectivity index (χ0n) is 18.8. The Kier molecular flexibility index (Phi) is 5.08. The number of para-hydroxylation sites is 1. The van der Waals surface area contributed by atoms with E-state index in [4.69, 9.17) is 5.10 Å². The summed E-state index contributed by atoms with van der Waals surface area (Å²) in [7, 11) is 0. The number of nitrogens with one attached hydrogen (secondary N) is 1. The van der Waals surface area contributed by atoms with Gasteiger partial charge < -0.3 is 5.32 Å². The summed E-state index contributed by atoms with van der Waals surface area (Å²) in [6, 6.07) is 11.8. The van der Waals surface area contributed by atoms with E-state index in [0.29, 0.717) is 17.4 Å². The number of aryl methyl sites for hydroxylation is 3. The molecule has 0 unspecified atom stereocenters. The molecule has 8 nitrogen and oxygen atoms in total. The Hall–Kier alpha value is -3.55. The van der Waals surface area contributed by atoms with Gasteiger partial charge in [0.15, 0.2) is 5.82 Å². The molecule has 3 aromatic heterocycles. The van der Waals surface area contributed by atoms with E-state index in [0.717, 1.165) is 28.3 Å². The minimum atomic E-state index is -0.208. The van der Waals surface area contributed by atoms with Crippen LogP contribution in [-0.2, 0) is 16.6 Å². The Bertz CT molecular complexity index is 1280. The molecular formula is C23H27N7O. The SMILES string of the molecule is Cc1cc(C)n2nc(CC(=O)Nc3cc(C(C)(C)C)nn3-c3ccccc3C)nc2n1. The Morgan fingerprint density at radius 3 is 2.48 bits per heavy atom. The van der Waals surface area contributed by atoms with Crippen molar-refractivity contribution < 1.29 is 4.79 Å². The molecule has 160 valence electrons. The lowest BCUT2D eigenvalue weighted by molar-refractivity contribution is -0.115. The Labute approximate surface area is 181 Å². The van der Waals surface area contributed by atoms with Gasteiger partial charge in [-0.05, 0) is 38.5 Å². The van der Waals surface area contributed by atoms with E-state index in [1.165, 1.54) is 0 Å². The first kappa shape index (κ1) is 20.7. The first-order chi connectivity index (χ1) is 14.6. The number of amides is 1. The van der Waals surface area contributed by atoms with Gasteiger partial charge in [0.2, 0.25) is 5.91 Å². The smallest absolute Gasteiger partial charge is 0.252 e. The van der Waals surface area contributed by atoms with Crippen molar-refractivity contribution in [3.63, 3.8) is 0 Å². The lowest BCUT2D eigenvalue weighted by Crippen LogP contribution is -2.18. The van der Waals surface area contributed by atoms with Crippen LogP contribution in [0.25, 0.3) is 11.5 Å². The zero-order valence-corrected chi connectivity index (χ0v) is 18.8. The van der Waals surface area contributed by atoms with Gasteiger partial charge in [0.1, 0.15) is 5.82 Å². The summed E-state index contributed by atoms with van der Waals surface area (Å²) in [5, 5.41) is 12.2. The molecule has 8 heteroatoms. The predicted molar refractivity (Wildman–Crippen MR) is 120 cm³/mol. The molecule has 1 N–H and O–H groups in total.